The third-order valence-corrected chi connectivity index (χ3v) is 3.82. The number of thiophene rings is 1. The Morgan fingerprint density at radius 3 is 2.88 bits per heavy atom. The summed E-state index contributed by atoms with van der Waals surface area (Å²) < 4.78 is 13.5. The minimum absolute atomic E-state index is 0.131. The molecule has 1 aliphatic heterocycles. The van der Waals surface area contributed by atoms with E-state index in [1.54, 1.807) is 19.4 Å². The van der Waals surface area contributed by atoms with Crippen LogP contribution in [0.15, 0.2) is 16.4 Å². The Bertz CT molecular complexity index is 470. The van der Waals surface area contributed by atoms with Crippen molar-refractivity contribution in [2.45, 2.75) is 18.9 Å². The van der Waals surface area contributed by atoms with Gasteiger partial charge in [0.1, 0.15) is 11.4 Å². The number of guanidine groups is 1. The normalized spacial score (nSPS) is 25.8. The monoisotopic (exact) mass is 241 g/mol. The molecule has 0 aliphatic carbocycles. The van der Waals surface area contributed by atoms with Crippen molar-refractivity contribution in [1.82, 2.24) is 4.90 Å². The number of hydrogen-bond donors (Lipinski definition) is 1. The molecule has 2 heterocycles. The number of halogens is 1. The molecule has 1 aliphatic rings. The smallest absolute Gasteiger partial charge is 0.231 e. The Hall–Kier alpha value is -1.43. The van der Waals surface area contributed by atoms with Crippen LogP contribution < -0.4 is 5.73 Å². The standard InChI is InChI=1S/C10H12FN3OS/c1-10(8-6(11)3-4-16-8)5-7(15)14(2)9(12)13-10/h3-4H,5H2,1-2H3,(H2,12,13). The summed E-state index contributed by atoms with van der Waals surface area (Å²) in [6.07, 6.45) is 0.141. The van der Waals surface area contributed by atoms with Gasteiger partial charge < -0.3 is 5.73 Å². The summed E-state index contributed by atoms with van der Waals surface area (Å²) >= 11 is 1.25. The molecule has 0 bridgehead atoms. The van der Waals surface area contributed by atoms with E-state index in [1.807, 2.05) is 0 Å². The first-order chi connectivity index (χ1) is 7.44. The molecule has 16 heavy (non-hydrogen) atoms. The summed E-state index contributed by atoms with van der Waals surface area (Å²) in [6.45, 7) is 1.72. The van der Waals surface area contributed by atoms with Crippen LogP contribution in [0, 0.1) is 5.82 Å². The van der Waals surface area contributed by atoms with Gasteiger partial charge in [0.25, 0.3) is 0 Å². The molecule has 2 N–H and O–H groups in total. The van der Waals surface area contributed by atoms with Crippen LogP contribution in [0.3, 0.4) is 0 Å². The van der Waals surface area contributed by atoms with Crippen LogP contribution in [-0.4, -0.2) is 23.8 Å². The maximum absolute atomic E-state index is 13.5. The van der Waals surface area contributed by atoms with Crippen molar-refractivity contribution in [2.75, 3.05) is 7.05 Å². The van der Waals surface area contributed by atoms with Gasteiger partial charge in [-0.3, -0.25) is 9.69 Å². The number of aliphatic imine (C=N–C) groups is 1. The van der Waals surface area contributed by atoms with E-state index >= 15 is 0 Å². The van der Waals surface area contributed by atoms with Gasteiger partial charge in [0.2, 0.25) is 5.91 Å². The number of rotatable bonds is 1. The van der Waals surface area contributed by atoms with Crippen LogP contribution in [0.5, 0.6) is 0 Å². The van der Waals surface area contributed by atoms with E-state index in [1.165, 1.54) is 22.3 Å². The van der Waals surface area contributed by atoms with E-state index in [4.69, 9.17) is 5.73 Å². The highest BCUT2D eigenvalue weighted by atomic mass is 32.1. The van der Waals surface area contributed by atoms with Gasteiger partial charge >= 0.3 is 0 Å². The Kier molecular flexibility index (Phi) is 2.46. The molecule has 0 radical (unpaired) electrons. The number of nitrogens with two attached hydrogens (primary N) is 1. The van der Waals surface area contributed by atoms with E-state index in [0.29, 0.717) is 4.88 Å². The predicted octanol–water partition coefficient (Wildman–Crippen LogP) is 1.28. The van der Waals surface area contributed by atoms with Crippen molar-refractivity contribution >= 4 is 23.2 Å². The van der Waals surface area contributed by atoms with E-state index < -0.39 is 5.54 Å². The van der Waals surface area contributed by atoms with Gasteiger partial charge in [-0.2, -0.15) is 0 Å². The second-order valence-corrected chi connectivity index (χ2v) is 4.89. The molecule has 1 aromatic rings. The van der Waals surface area contributed by atoms with Gasteiger partial charge in [-0.25, -0.2) is 9.38 Å². The third kappa shape index (κ3) is 1.59. The zero-order chi connectivity index (χ0) is 11.9. The van der Waals surface area contributed by atoms with E-state index in [9.17, 15) is 9.18 Å². The molecule has 1 atom stereocenters. The molecule has 86 valence electrons. The molecule has 6 heteroatoms. The SMILES string of the molecule is CN1C(=O)CC(C)(c2sccc2F)N=C1N. The second kappa shape index (κ2) is 3.55. The number of nitrogens with zero attached hydrogens (tertiary/aromatic N) is 2. The number of carbonyl (C=O) groups is 1. The number of amides is 1. The number of hydrogen-bond acceptors (Lipinski definition) is 4. The largest absolute Gasteiger partial charge is 0.369 e. The van der Waals surface area contributed by atoms with Crippen molar-refractivity contribution in [3.63, 3.8) is 0 Å². The summed E-state index contributed by atoms with van der Waals surface area (Å²) in [5, 5.41) is 1.64. The van der Waals surface area contributed by atoms with Gasteiger partial charge in [-0.15, -0.1) is 11.3 Å². The van der Waals surface area contributed by atoms with E-state index in [0.717, 1.165) is 0 Å². The van der Waals surface area contributed by atoms with Gasteiger partial charge in [-0.05, 0) is 18.4 Å². The van der Waals surface area contributed by atoms with Gasteiger partial charge in [-0.1, -0.05) is 0 Å². The first kappa shape index (κ1) is 11.1. The first-order valence-corrected chi connectivity index (χ1v) is 5.67. The van der Waals surface area contributed by atoms with E-state index in [2.05, 4.69) is 4.99 Å². The first-order valence-electron chi connectivity index (χ1n) is 4.79. The highest BCUT2D eigenvalue weighted by Crippen LogP contribution is 2.37. The fraction of sp³-hybridized carbons (Fsp3) is 0.400. The topological polar surface area (TPSA) is 58.7 Å². The van der Waals surface area contributed by atoms with Crippen molar-refractivity contribution in [2.24, 2.45) is 10.7 Å². The van der Waals surface area contributed by atoms with Crippen molar-refractivity contribution < 1.29 is 9.18 Å². The Balaban J connectivity index is 2.48. The highest BCUT2D eigenvalue weighted by Gasteiger charge is 2.38. The van der Waals surface area contributed by atoms with Crippen molar-refractivity contribution in [3.05, 3.63) is 22.1 Å². The quantitative estimate of drug-likeness (QED) is 0.805. The molecule has 0 spiro atoms. The fourth-order valence-corrected chi connectivity index (χ4v) is 2.59. The Labute approximate surface area is 96.6 Å². The highest BCUT2D eigenvalue weighted by molar-refractivity contribution is 7.10. The molecule has 1 aromatic heterocycles. The number of carbonyl (C=O) groups excluding carboxylic acids is 1. The lowest BCUT2D eigenvalue weighted by molar-refractivity contribution is -0.128. The average molecular weight is 241 g/mol. The lowest BCUT2D eigenvalue weighted by Crippen LogP contribution is -2.47. The molecular weight excluding hydrogens is 229 g/mol. The third-order valence-electron chi connectivity index (χ3n) is 2.68. The summed E-state index contributed by atoms with van der Waals surface area (Å²) in [4.78, 5) is 17.6. The Morgan fingerprint density at radius 2 is 2.38 bits per heavy atom. The van der Waals surface area contributed by atoms with Crippen LogP contribution in [0.25, 0.3) is 0 Å². The molecular formula is C10H12FN3OS. The van der Waals surface area contributed by atoms with Crippen molar-refractivity contribution in [1.29, 1.82) is 0 Å². The van der Waals surface area contributed by atoms with Gasteiger partial charge in [0, 0.05) is 7.05 Å². The summed E-state index contributed by atoms with van der Waals surface area (Å²) in [5.74, 6) is -0.351. The van der Waals surface area contributed by atoms with E-state index in [-0.39, 0.29) is 24.1 Å². The summed E-state index contributed by atoms with van der Waals surface area (Å²) in [5.41, 5.74) is 4.77. The molecule has 0 fully saturated rings. The maximum atomic E-state index is 13.5. The zero-order valence-electron chi connectivity index (χ0n) is 9.03. The predicted molar refractivity (Wildman–Crippen MR) is 60.6 cm³/mol. The second-order valence-electron chi connectivity index (χ2n) is 3.97. The molecule has 0 saturated carbocycles. The minimum atomic E-state index is -0.869. The van der Waals surface area contributed by atoms with Crippen LogP contribution in [0.1, 0.15) is 18.2 Å². The van der Waals surface area contributed by atoms with Crippen molar-refractivity contribution in [3.8, 4) is 0 Å². The fourth-order valence-electron chi connectivity index (χ4n) is 1.72. The van der Waals surface area contributed by atoms with Crippen LogP contribution in [0.4, 0.5) is 4.39 Å². The van der Waals surface area contributed by atoms with Crippen LogP contribution in [0.2, 0.25) is 0 Å². The summed E-state index contributed by atoms with van der Waals surface area (Å²) in [6, 6.07) is 1.37. The van der Waals surface area contributed by atoms with Crippen LogP contribution in [-0.2, 0) is 10.3 Å². The average Bonchev–Trinajstić information content (AvgIpc) is 2.61. The van der Waals surface area contributed by atoms with Gasteiger partial charge in [0.15, 0.2) is 5.96 Å². The lowest BCUT2D eigenvalue weighted by atomic mass is 9.94. The minimum Gasteiger partial charge on any atom is -0.369 e. The lowest BCUT2D eigenvalue weighted by Gasteiger charge is -2.32. The summed E-state index contributed by atoms with van der Waals surface area (Å²) in [7, 11) is 1.56. The molecule has 4 nitrogen and oxygen atoms in total. The molecule has 0 aromatic carbocycles. The molecule has 0 saturated heterocycles. The zero-order valence-corrected chi connectivity index (χ0v) is 9.84. The molecule has 1 amide bonds. The van der Waals surface area contributed by atoms with Crippen LogP contribution >= 0.6 is 11.3 Å². The maximum Gasteiger partial charge on any atom is 0.231 e. The Morgan fingerprint density at radius 1 is 1.69 bits per heavy atom. The molecule has 2 rings (SSSR count). The molecule has 1 unspecified atom stereocenters. The van der Waals surface area contributed by atoms with Gasteiger partial charge in [0.05, 0.1) is 11.3 Å².